The van der Waals surface area contributed by atoms with Gasteiger partial charge in [-0.15, -0.1) is 0 Å². The molecule has 0 spiro atoms. The fourth-order valence-electron chi connectivity index (χ4n) is 1.74. The fraction of sp³-hybridized carbons (Fsp3) is 0.286. The van der Waals surface area contributed by atoms with Crippen LogP contribution in [0.25, 0.3) is 0 Å². The number of rotatable bonds is 5. The van der Waals surface area contributed by atoms with Gasteiger partial charge < -0.3 is 9.47 Å². The first-order valence-electron chi connectivity index (χ1n) is 6.19. The van der Waals surface area contributed by atoms with E-state index in [4.69, 9.17) is 9.47 Å². The van der Waals surface area contributed by atoms with Crippen LogP contribution in [0.1, 0.15) is 23.1 Å². The van der Waals surface area contributed by atoms with Crippen molar-refractivity contribution in [1.29, 1.82) is 0 Å². The van der Waals surface area contributed by atoms with Crippen LogP contribution in [0.3, 0.4) is 0 Å². The van der Waals surface area contributed by atoms with Crippen molar-refractivity contribution >= 4 is 21.9 Å². The van der Waals surface area contributed by atoms with Crippen LogP contribution >= 0.6 is 15.9 Å². The average molecular weight is 339 g/mol. The summed E-state index contributed by atoms with van der Waals surface area (Å²) in [5.41, 5.74) is 1.04. The molecule has 0 N–H and O–H groups in total. The van der Waals surface area contributed by atoms with E-state index in [2.05, 4.69) is 21.0 Å². The Morgan fingerprint density at radius 1 is 1.35 bits per heavy atom. The van der Waals surface area contributed by atoms with Gasteiger partial charge in [0.25, 0.3) is 0 Å². The molecule has 20 heavy (non-hydrogen) atoms. The number of ether oxygens (including phenoxy) is 2. The number of nitrogens with zero attached hydrogens (tertiary/aromatic N) is 2. The molecule has 5 nitrogen and oxygen atoms in total. The van der Waals surface area contributed by atoms with Crippen molar-refractivity contribution in [3.05, 3.63) is 46.2 Å². The SMILES string of the molecule is CCOC(=O)c1c(Br)c(COc2ccccc2)nn1C. The van der Waals surface area contributed by atoms with Gasteiger partial charge in [0.05, 0.1) is 11.1 Å². The van der Waals surface area contributed by atoms with Crippen molar-refractivity contribution in [3.63, 3.8) is 0 Å². The van der Waals surface area contributed by atoms with Gasteiger partial charge in [-0.1, -0.05) is 18.2 Å². The van der Waals surface area contributed by atoms with Crippen LogP contribution < -0.4 is 4.74 Å². The molecule has 2 aromatic rings. The normalized spacial score (nSPS) is 10.3. The molecular formula is C14H15BrN2O3. The quantitative estimate of drug-likeness (QED) is 0.786. The molecule has 0 aliphatic carbocycles. The van der Waals surface area contributed by atoms with Gasteiger partial charge in [-0.25, -0.2) is 4.79 Å². The lowest BCUT2D eigenvalue weighted by Crippen LogP contribution is -2.10. The molecule has 0 aliphatic heterocycles. The number of hydrogen-bond donors (Lipinski definition) is 0. The molecule has 0 unspecified atom stereocenters. The molecule has 0 fully saturated rings. The third-order valence-electron chi connectivity index (χ3n) is 2.64. The van der Waals surface area contributed by atoms with Crippen LogP contribution in [0.15, 0.2) is 34.8 Å². The number of aryl methyl sites for hydroxylation is 1. The number of carbonyl (C=O) groups is 1. The summed E-state index contributed by atoms with van der Waals surface area (Å²) in [5.74, 6) is 0.350. The zero-order valence-electron chi connectivity index (χ0n) is 11.3. The standard InChI is InChI=1S/C14H15BrN2O3/c1-3-19-14(18)13-12(15)11(16-17(13)2)9-20-10-7-5-4-6-8-10/h4-8H,3,9H2,1-2H3. The molecular weight excluding hydrogens is 324 g/mol. The zero-order chi connectivity index (χ0) is 14.5. The van der Waals surface area contributed by atoms with E-state index in [0.717, 1.165) is 5.75 Å². The minimum Gasteiger partial charge on any atom is -0.487 e. The van der Waals surface area contributed by atoms with Gasteiger partial charge in [0, 0.05) is 7.05 Å². The summed E-state index contributed by atoms with van der Waals surface area (Å²) in [6, 6.07) is 9.44. The van der Waals surface area contributed by atoms with Crippen LogP contribution in [0, 0.1) is 0 Å². The van der Waals surface area contributed by atoms with Crippen LogP contribution in [-0.4, -0.2) is 22.4 Å². The Morgan fingerprint density at radius 2 is 2.05 bits per heavy atom. The van der Waals surface area contributed by atoms with Gasteiger partial charge in [-0.05, 0) is 35.0 Å². The Kier molecular flexibility index (Phi) is 4.79. The van der Waals surface area contributed by atoms with Gasteiger partial charge >= 0.3 is 5.97 Å². The lowest BCUT2D eigenvalue weighted by molar-refractivity contribution is 0.0512. The highest BCUT2D eigenvalue weighted by Gasteiger charge is 2.21. The second-order valence-corrected chi connectivity index (χ2v) is 4.85. The highest BCUT2D eigenvalue weighted by atomic mass is 79.9. The van der Waals surface area contributed by atoms with Crippen molar-refractivity contribution < 1.29 is 14.3 Å². The predicted molar refractivity (Wildman–Crippen MR) is 77.6 cm³/mol. The Balaban J connectivity index is 2.13. The van der Waals surface area contributed by atoms with E-state index in [-0.39, 0.29) is 6.61 Å². The predicted octanol–water partition coefficient (Wildman–Crippen LogP) is 2.94. The Hall–Kier alpha value is -1.82. The van der Waals surface area contributed by atoms with Crippen molar-refractivity contribution in [1.82, 2.24) is 9.78 Å². The minimum absolute atomic E-state index is 0.276. The maximum absolute atomic E-state index is 11.8. The molecule has 1 aromatic carbocycles. The van der Waals surface area contributed by atoms with Crippen molar-refractivity contribution in [2.45, 2.75) is 13.5 Å². The van der Waals surface area contributed by atoms with Crippen LogP contribution in [0.5, 0.6) is 5.75 Å². The highest BCUT2D eigenvalue weighted by molar-refractivity contribution is 9.10. The molecule has 106 valence electrons. The van der Waals surface area contributed by atoms with E-state index in [1.807, 2.05) is 30.3 Å². The molecule has 0 aliphatic rings. The van der Waals surface area contributed by atoms with Gasteiger partial charge in [0.15, 0.2) is 5.69 Å². The fourth-order valence-corrected chi connectivity index (χ4v) is 2.35. The van der Waals surface area contributed by atoms with Crippen molar-refractivity contribution in [3.8, 4) is 5.75 Å². The van der Waals surface area contributed by atoms with Gasteiger partial charge in [0.2, 0.25) is 0 Å². The maximum atomic E-state index is 11.8. The first-order valence-corrected chi connectivity index (χ1v) is 6.99. The zero-order valence-corrected chi connectivity index (χ0v) is 12.9. The molecule has 1 heterocycles. The third-order valence-corrected chi connectivity index (χ3v) is 3.48. The minimum atomic E-state index is -0.402. The molecule has 0 bridgehead atoms. The molecule has 0 radical (unpaired) electrons. The largest absolute Gasteiger partial charge is 0.487 e. The summed E-state index contributed by atoms with van der Waals surface area (Å²) < 4.78 is 12.7. The third kappa shape index (κ3) is 3.19. The average Bonchev–Trinajstić information content (AvgIpc) is 2.72. The van der Waals surface area contributed by atoms with Crippen LogP contribution in [0.2, 0.25) is 0 Å². The Labute approximate surface area is 125 Å². The molecule has 0 atom stereocenters. The number of hydrogen-bond acceptors (Lipinski definition) is 4. The molecule has 0 saturated heterocycles. The number of aromatic nitrogens is 2. The first kappa shape index (κ1) is 14.6. The Bertz CT molecular complexity index is 596. The van der Waals surface area contributed by atoms with Gasteiger partial charge in [-0.2, -0.15) is 5.10 Å². The summed E-state index contributed by atoms with van der Waals surface area (Å²) in [6.45, 7) is 2.37. The van der Waals surface area contributed by atoms with E-state index < -0.39 is 5.97 Å². The topological polar surface area (TPSA) is 53.4 Å². The lowest BCUT2D eigenvalue weighted by Gasteiger charge is -2.04. The number of carbonyl (C=O) groups excluding carboxylic acids is 1. The summed E-state index contributed by atoms with van der Waals surface area (Å²) in [6.07, 6.45) is 0. The monoisotopic (exact) mass is 338 g/mol. The van der Waals surface area contributed by atoms with Crippen LogP contribution in [0.4, 0.5) is 0 Å². The van der Waals surface area contributed by atoms with E-state index in [0.29, 0.717) is 22.5 Å². The van der Waals surface area contributed by atoms with Crippen LogP contribution in [-0.2, 0) is 18.4 Å². The smallest absolute Gasteiger partial charge is 0.357 e. The molecule has 6 heteroatoms. The molecule has 2 rings (SSSR count). The van der Waals surface area contributed by atoms with Gasteiger partial charge in [0.1, 0.15) is 18.1 Å². The maximum Gasteiger partial charge on any atom is 0.357 e. The number of halogens is 1. The van der Waals surface area contributed by atoms with E-state index in [9.17, 15) is 4.79 Å². The number of esters is 1. The summed E-state index contributed by atoms with van der Waals surface area (Å²) >= 11 is 3.38. The molecule has 0 saturated carbocycles. The summed E-state index contributed by atoms with van der Waals surface area (Å²) in [5, 5.41) is 4.27. The first-order chi connectivity index (χ1) is 9.63. The van der Waals surface area contributed by atoms with Gasteiger partial charge in [-0.3, -0.25) is 4.68 Å². The van der Waals surface area contributed by atoms with E-state index in [1.165, 1.54) is 4.68 Å². The van der Waals surface area contributed by atoms with E-state index in [1.54, 1.807) is 14.0 Å². The molecule has 1 aromatic heterocycles. The summed E-state index contributed by atoms with van der Waals surface area (Å²) in [7, 11) is 1.70. The van der Waals surface area contributed by atoms with E-state index >= 15 is 0 Å². The lowest BCUT2D eigenvalue weighted by atomic mass is 10.3. The number of benzene rings is 1. The highest BCUT2D eigenvalue weighted by Crippen LogP contribution is 2.23. The number of para-hydroxylation sites is 1. The second kappa shape index (κ2) is 6.56. The molecule has 0 amide bonds. The van der Waals surface area contributed by atoms with Crippen molar-refractivity contribution in [2.24, 2.45) is 7.05 Å². The second-order valence-electron chi connectivity index (χ2n) is 4.06. The Morgan fingerprint density at radius 3 is 2.70 bits per heavy atom. The summed E-state index contributed by atoms with van der Waals surface area (Å²) in [4.78, 5) is 11.8. The van der Waals surface area contributed by atoms with Crippen molar-refractivity contribution in [2.75, 3.05) is 6.61 Å².